The molecule has 0 bridgehead atoms. The minimum atomic E-state index is -0.0738. The van der Waals surface area contributed by atoms with Gasteiger partial charge in [0, 0.05) is 21.8 Å². The summed E-state index contributed by atoms with van der Waals surface area (Å²) in [5.74, 6) is 5.74. The molecule has 104 valence electrons. The highest BCUT2D eigenvalue weighted by Crippen LogP contribution is 2.37. The van der Waals surface area contributed by atoms with Gasteiger partial charge in [-0.05, 0) is 53.4 Å². The van der Waals surface area contributed by atoms with Gasteiger partial charge in [-0.1, -0.05) is 0 Å². The molecule has 0 amide bonds. The number of ketones is 1. The van der Waals surface area contributed by atoms with Crippen LogP contribution in [0.5, 0.6) is 0 Å². The summed E-state index contributed by atoms with van der Waals surface area (Å²) in [4.78, 5) is 13.1. The molecule has 3 heteroatoms. The molecule has 0 unspecified atom stereocenters. The Bertz CT molecular complexity index is 280. The van der Waals surface area contributed by atoms with Crippen LogP contribution >= 0.6 is 0 Å². The lowest BCUT2D eigenvalue weighted by Gasteiger charge is -2.30. The summed E-state index contributed by atoms with van der Waals surface area (Å²) in [6, 6.07) is 0. The molecule has 0 N–H and O–H groups in total. The van der Waals surface area contributed by atoms with Gasteiger partial charge in [0.15, 0.2) is 9.49 Å². The maximum atomic E-state index is 13.1. The molecule has 0 aromatic rings. The minimum absolute atomic E-state index is 0.0738. The zero-order valence-electron chi connectivity index (χ0n) is 12.4. The van der Waals surface area contributed by atoms with E-state index >= 15 is 0 Å². The molecule has 0 radical (unpaired) electrons. The first-order chi connectivity index (χ1) is 8.37. The first-order valence-electron chi connectivity index (χ1n) is 7.27. The van der Waals surface area contributed by atoms with Crippen LogP contribution in [-0.2, 0) is 26.6 Å². The van der Waals surface area contributed by atoms with Crippen LogP contribution in [0.15, 0.2) is 0 Å². The maximum absolute atomic E-state index is 13.1. The highest BCUT2D eigenvalue weighted by Gasteiger charge is 2.58. The van der Waals surface area contributed by atoms with Crippen LogP contribution in [-0.4, -0.2) is 38.3 Å². The molecule has 1 nitrogen and oxygen atoms in total. The Kier molecular flexibility index (Phi) is 4.43. The predicted molar refractivity (Wildman–Crippen MR) is 85.8 cm³/mol. The normalized spacial score (nSPS) is 23.8. The van der Waals surface area contributed by atoms with E-state index in [-0.39, 0.29) is 9.49 Å². The first kappa shape index (κ1) is 14.8. The number of carbonyl (C=O) groups excluding carboxylic acids is 1. The van der Waals surface area contributed by atoms with Crippen LogP contribution in [0.2, 0.25) is 0 Å². The van der Waals surface area contributed by atoms with E-state index in [0.717, 1.165) is 0 Å². The average molecular weight is 289 g/mol. The number of hydrogen-bond donors (Lipinski definition) is 0. The van der Waals surface area contributed by atoms with Gasteiger partial charge < -0.3 is 0 Å². The molecular formula is C15H28OS2+2. The second-order valence-corrected chi connectivity index (χ2v) is 12.2. The van der Waals surface area contributed by atoms with Gasteiger partial charge in [0.1, 0.15) is 23.0 Å². The molecule has 0 aromatic heterocycles. The zero-order valence-corrected chi connectivity index (χ0v) is 14.0. The van der Waals surface area contributed by atoms with E-state index in [9.17, 15) is 4.79 Å². The van der Waals surface area contributed by atoms with Gasteiger partial charge in [-0.2, -0.15) is 0 Å². The van der Waals surface area contributed by atoms with Crippen LogP contribution in [0.25, 0.3) is 0 Å². The number of carbonyl (C=O) groups is 1. The summed E-state index contributed by atoms with van der Waals surface area (Å²) in [5.41, 5.74) is 0. The van der Waals surface area contributed by atoms with Gasteiger partial charge >= 0.3 is 0 Å². The fraction of sp³-hybridized carbons (Fsp3) is 0.933. The van der Waals surface area contributed by atoms with Crippen molar-refractivity contribution >= 4 is 27.6 Å². The summed E-state index contributed by atoms with van der Waals surface area (Å²) >= 11 is 0. The monoisotopic (exact) mass is 288 g/mol. The summed E-state index contributed by atoms with van der Waals surface area (Å²) in [5, 5.41) is 0. The van der Waals surface area contributed by atoms with Crippen molar-refractivity contribution < 1.29 is 4.79 Å². The van der Waals surface area contributed by atoms with E-state index in [1.165, 1.54) is 48.7 Å². The number of hydrogen-bond acceptors (Lipinski definition) is 1. The van der Waals surface area contributed by atoms with E-state index in [1.54, 1.807) is 0 Å². The zero-order chi connectivity index (χ0) is 13.4. The largest absolute Gasteiger partial charge is 0.288 e. The third kappa shape index (κ3) is 2.63. The van der Waals surface area contributed by atoms with E-state index in [0.29, 0.717) is 27.6 Å². The molecule has 2 rings (SSSR count). The molecule has 0 aliphatic carbocycles. The standard InChI is InChI=1S/C15H28OS2/c1-14(2,17-9-5-6-10-17)13(16)15(3,4)18-11-7-8-12-18/h5-12H2,1-4H3/q+2. The lowest BCUT2D eigenvalue weighted by Crippen LogP contribution is -2.55. The van der Waals surface area contributed by atoms with Crippen molar-refractivity contribution in [1.82, 2.24) is 0 Å². The lowest BCUT2D eigenvalue weighted by atomic mass is 9.97. The Balaban J connectivity index is 2.12. The smallest absolute Gasteiger partial charge is 0.241 e. The van der Waals surface area contributed by atoms with E-state index in [1.807, 2.05) is 0 Å². The Morgan fingerprint density at radius 1 is 0.722 bits per heavy atom. The Labute approximate surface area is 118 Å². The minimum Gasteiger partial charge on any atom is -0.288 e. The second kappa shape index (κ2) is 5.40. The Morgan fingerprint density at radius 3 is 1.28 bits per heavy atom. The maximum Gasteiger partial charge on any atom is 0.241 e. The van der Waals surface area contributed by atoms with Crippen molar-refractivity contribution in [2.75, 3.05) is 23.0 Å². The number of rotatable bonds is 4. The van der Waals surface area contributed by atoms with Crippen molar-refractivity contribution in [3.05, 3.63) is 0 Å². The molecule has 2 saturated heterocycles. The van der Waals surface area contributed by atoms with Crippen LogP contribution in [0.3, 0.4) is 0 Å². The molecule has 18 heavy (non-hydrogen) atoms. The van der Waals surface area contributed by atoms with Gasteiger partial charge in [-0.3, -0.25) is 4.79 Å². The van der Waals surface area contributed by atoms with Crippen LogP contribution in [0, 0.1) is 0 Å². The van der Waals surface area contributed by atoms with Crippen molar-refractivity contribution in [3.8, 4) is 0 Å². The van der Waals surface area contributed by atoms with Gasteiger partial charge in [-0.25, -0.2) is 0 Å². The fourth-order valence-corrected chi connectivity index (χ4v) is 9.08. The topological polar surface area (TPSA) is 17.1 Å². The molecule has 0 aromatic carbocycles. The number of Topliss-reactive ketones (excluding diaryl/α,β-unsaturated/α-hetero) is 1. The van der Waals surface area contributed by atoms with Gasteiger partial charge in [0.2, 0.25) is 5.78 Å². The van der Waals surface area contributed by atoms with E-state index < -0.39 is 0 Å². The SMILES string of the molecule is CC(C)(C(=O)C(C)(C)[S+]1CCCC1)[S+]1CCCC1. The fourth-order valence-electron chi connectivity index (χ4n) is 3.32. The summed E-state index contributed by atoms with van der Waals surface area (Å²) in [6.45, 7) is 8.91. The van der Waals surface area contributed by atoms with Gasteiger partial charge in [-0.15, -0.1) is 0 Å². The molecule has 2 heterocycles. The van der Waals surface area contributed by atoms with Crippen LogP contribution in [0.4, 0.5) is 0 Å². The summed E-state index contributed by atoms with van der Waals surface area (Å²) in [6.07, 6.45) is 5.36. The summed E-state index contributed by atoms with van der Waals surface area (Å²) in [7, 11) is 0.681. The first-order valence-corrected chi connectivity index (χ1v) is 10.4. The molecule has 2 fully saturated rings. The summed E-state index contributed by atoms with van der Waals surface area (Å²) < 4.78 is -0.148. The van der Waals surface area contributed by atoms with Crippen molar-refractivity contribution in [2.24, 2.45) is 0 Å². The quantitative estimate of drug-likeness (QED) is 0.727. The van der Waals surface area contributed by atoms with Crippen LogP contribution in [0.1, 0.15) is 53.4 Å². The third-order valence-electron chi connectivity index (χ3n) is 4.60. The van der Waals surface area contributed by atoms with Crippen molar-refractivity contribution in [1.29, 1.82) is 0 Å². The van der Waals surface area contributed by atoms with E-state index in [2.05, 4.69) is 27.7 Å². The molecule has 2 aliphatic heterocycles. The van der Waals surface area contributed by atoms with Crippen molar-refractivity contribution in [2.45, 2.75) is 62.9 Å². The highest BCUT2D eigenvalue weighted by atomic mass is 32.2. The third-order valence-corrected chi connectivity index (χ3v) is 11.0. The molecule has 2 aliphatic rings. The highest BCUT2D eigenvalue weighted by molar-refractivity contribution is 8.00. The molecule has 0 saturated carbocycles. The molecule has 0 atom stereocenters. The molecule has 0 spiro atoms. The van der Waals surface area contributed by atoms with Crippen molar-refractivity contribution in [3.63, 3.8) is 0 Å². The Hall–Kier alpha value is 0.370. The lowest BCUT2D eigenvalue weighted by molar-refractivity contribution is -0.122. The second-order valence-electron chi connectivity index (χ2n) is 6.57. The van der Waals surface area contributed by atoms with E-state index in [4.69, 9.17) is 0 Å². The van der Waals surface area contributed by atoms with Crippen LogP contribution < -0.4 is 0 Å². The van der Waals surface area contributed by atoms with Gasteiger partial charge in [0.05, 0.1) is 0 Å². The predicted octanol–water partition coefficient (Wildman–Crippen LogP) is 2.94. The average Bonchev–Trinajstić information content (AvgIpc) is 3.00. The van der Waals surface area contributed by atoms with Gasteiger partial charge in [0.25, 0.3) is 0 Å². The molecular weight excluding hydrogens is 260 g/mol. The Morgan fingerprint density at radius 2 is 1.00 bits per heavy atom.